The molecule has 0 aliphatic carbocycles. The summed E-state index contributed by atoms with van der Waals surface area (Å²) in [6, 6.07) is 4.14. The molecule has 1 aromatic rings. The summed E-state index contributed by atoms with van der Waals surface area (Å²) >= 11 is 9.04. The van der Waals surface area contributed by atoms with E-state index in [1.54, 1.807) is 11.0 Å². The zero-order valence-electron chi connectivity index (χ0n) is 9.13. The molecule has 1 aliphatic heterocycles. The fourth-order valence-electron chi connectivity index (χ4n) is 1.97. The van der Waals surface area contributed by atoms with Gasteiger partial charge in [-0.05, 0) is 46.5 Å². The zero-order chi connectivity index (χ0) is 12.4. The van der Waals surface area contributed by atoms with Crippen LogP contribution in [-0.4, -0.2) is 29.8 Å². The number of hydrogen-bond donors (Lipinski definition) is 0. The van der Waals surface area contributed by atoms with Crippen molar-refractivity contribution in [3.8, 4) is 0 Å². The van der Waals surface area contributed by atoms with Crippen LogP contribution in [0.2, 0.25) is 0 Å². The number of nitrogens with zero attached hydrogens (tertiary/aromatic N) is 1. The lowest BCUT2D eigenvalue weighted by atomic mass is 10.1. The maximum Gasteiger partial charge on any atom is 0.255 e. The minimum absolute atomic E-state index is 0.135. The number of benzene rings is 1. The van der Waals surface area contributed by atoms with Gasteiger partial charge in [-0.15, -0.1) is 11.6 Å². The molecule has 17 heavy (non-hydrogen) atoms. The average Bonchev–Trinajstić information content (AvgIpc) is 2.80. The molecule has 0 aromatic heterocycles. The molecule has 1 aromatic carbocycles. The molecule has 92 valence electrons. The van der Waals surface area contributed by atoms with E-state index < -0.39 is 5.82 Å². The SMILES string of the molecule is O=C(c1cc(F)ccc1Br)N1CCC(CCl)C1. The Morgan fingerprint density at radius 2 is 2.35 bits per heavy atom. The van der Waals surface area contributed by atoms with E-state index in [1.165, 1.54) is 12.1 Å². The van der Waals surface area contributed by atoms with Crippen LogP contribution < -0.4 is 0 Å². The van der Waals surface area contributed by atoms with Gasteiger partial charge in [0.2, 0.25) is 0 Å². The van der Waals surface area contributed by atoms with Gasteiger partial charge in [0.25, 0.3) is 5.91 Å². The topological polar surface area (TPSA) is 20.3 Å². The number of carbonyl (C=O) groups excluding carboxylic acids is 1. The van der Waals surface area contributed by atoms with E-state index in [0.29, 0.717) is 34.9 Å². The maximum absolute atomic E-state index is 13.1. The molecule has 0 radical (unpaired) electrons. The lowest BCUT2D eigenvalue weighted by Gasteiger charge is -2.17. The van der Waals surface area contributed by atoms with Crippen LogP contribution in [0.3, 0.4) is 0 Å². The fourth-order valence-corrected chi connectivity index (χ4v) is 2.64. The number of rotatable bonds is 2. The second kappa shape index (κ2) is 5.36. The maximum atomic E-state index is 13.1. The van der Waals surface area contributed by atoms with E-state index in [2.05, 4.69) is 15.9 Å². The first-order valence-corrected chi connectivity index (χ1v) is 6.75. The Bertz CT molecular complexity index is 441. The Morgan fingerprint density at radius 1 is 1.59 bits per heavy atom. The van der Waals surface area contributed by atoms with Crippen LogP contribution >= 0.6 is 27.5 Å². The third-order valence-corrected chi connectivity index (χ3v) is 4.08. The number of hydrogen-bond acceptors (Lipinski definition) is 1. The summed E-state index contributed by atoms with van der Waals surface area (Å²) in [6.45, 7) is 1.35. The van der Waals surface area contributed by atoms with Gasteiger partial charge in [-0.25, -0.2) is 4.39 Å². The highest BCUT2D eigenvalue weighted by Gasteiger charge is 2.27. The molecule has 2 nitrogen and oxygen atoms in total. The van der Waals surface area contributed by atoms with Crippen LogP contribution in [0.1, 0.15) is 16.8 Å². The monoisotopic (exact) mass is 319 g/mol. The molecule has 2 rings (SSSR count). The van der Waals surface area contributed by atoms with Crippen molar-refractivity contribution in [2.24, 2.45) is 5.92 Å². The van der Waals surface area contributed by atoms with Gasteiger partial charge < -0.3 is 4.90 Å². The van der Waals surface area contributed by atoms with Crippen molar-refractivity contribution in [1.82, 2.24) is 4.90 Å². The molecule has 0 N–H and O–H groups in total. The molecular weight excluding hydrogens is 308 g/mol. The van der Waals surface area contributed by atoms with Crippen molar-refractivity contribution in [2.45, 2.75) is 6.42 Å². The summed E-state index contributed by atoms with van der Waals surface area (Å²) in [4.78, 5) is 13.9. The summed E-state index contributed by atoms with van der Waals surface area (Å²) in [5.41, 5.74) is 0.375. The zero-order valence-corrected chi connectivity index (χ0v) is 11.5. The van der Waals surface area contributed by atoms with Crippen LogP contribution in [0.15, 0.2) is 22.7 Å². The van der Waals surface area contributed by atoms with Gasteiger partial charge >= 0.3 is 0 Å². The Morgan fingerprint density at radius 3 is 3.00 bits per heavy atom. The predicted molar refractivity (Wildman–Crippen MR) is 68.8 cm³/mol. The minimum Gasteiger partial charge on any atom is -0.338 e. The molecular formula is C12H12BrClFNO. The third kappa shape index (κ3) is 2.80. The Balaban J connectivity index is 2.17. The average molecular weight is 321 g/mol. The largest absolute Gasteiger partial charge is 0.338 e. The molecule has 1 amide bonds. The molecule has 0 spiro atoms. The van der Waals surface area contributed by atoms with E-state index in [-0.39, 0.29) is 5.91 Å². The Labute approximate surface area is 113 Å². The first-order chi connectivity index (χ1) is 8.11. The summed E-state index contributed by atoms with van der Waals surface area (Å²) < 4.78 is 13.7. The number of likely N-dealkylation sites (tertiary alicyclic amines) is 1. The summed E-state index contributed by atoms with van der Waals surface area (Å²) in [5.74, 6) is 0.385. The number of carbonyl (C=O) groups is 1. The van der Waals surface area contributed by atoms with Crippen molar-refractivity contribution in [2.75, 3.05) is 19.0 Å². The first kappa shape index (κ1) is 12.8. The van der Waals surface area contributed by atoms with Crippen LogP contribution in [0.4, 0.5) is 4.39 Å². The van der Waals surface area contributed by atoms with E-state index in [9.17, 15) is 9.18 Å². The number of amides is 1. The summed E-state index contributed by atoms with van der Waals surface area (Å²) in [6.07, 6.45) is 0.919. The summed E-state index contributed by atoms with van der Waals surface area (Å²) in [5, 5.41) is 0. The van der Waals surface area contributed by atoms with Crippen LogP contribution in [0.5, 0.6) is 0 Å². The van der Waals surface area contributed by atoms with Crippen LogP contribution in [0.25, 0.3) is 0 Å². The lowest BCUT2D eigenvalue weighted by Crippen LogP contribution is -2.29. The lowest BCUT2D eigenvalue weighted by molar-refractivity contribution is 0.0787. The predicted octanol–water partition coefficient (Wildman–Crippen LogP) is 3.29. The Kier molecular flexibility index (Phi) is 4.05. The van der Waals surface area contributed by atoms with Crippen molar-refractivity contribution in [3.63, 3.8) is 0 Å². The van der Waals surface area contributed by atoms with Crippen LogP contribution in [0, 0.1) is 11.7 Å². The van der Waals surface area contributed by atoms with Crippen molar-refractivity contribution in [1.29, 1.82) is 0 Å². The van der Waals surface area contributed by atoms with Gasteiger partial charge in [-0.2, -0.15) is 0 Å². The minimum atomic E-state index is -0.398. The third-order valence-electron chi connectivity index (χ3n) is 2.95. The molecule has 1 atom stereocenters. The van der Waals surface area contributed by atoms with E-state index in [4.69, 9.17) is 11.6 Å². The highest BCUT2D eigenvalue weighted by Crippen LogP contribution is 2.24. The van der Waals surface area contributed by atoms with Crippen molar-refractivity contribution < 1.29 is 9.18 Å². The first-order valence-electron chi connectivity index (χ1n) is 5.42. The van der Waals surface area contributed by atoms with Crippen molar-refractivity contribution >= 4 is 33.4 Å². The van der Waals surface area contributed by atoms with Gasteiger partial charge in [0.15, 0.2) is 0 Å². The quantitative estimate of drug-likeness (QED) is 0.766. The fraction of sp³-hybridized carbons (Fsp3) is 0.417. The molecule has 1 fully saturated rings. The summed E-state index contributed by atoms with van der Waals surface area (Å²) in [7, 11) is 0. The van der Waals surface area contributed by atoms with Gasteiger partial charge in [0.05, 0.1) is 5.56 Å². The second-order valence-electron chi connectivity index (χ2n) is 4.18. The normalized spacial score (nSPS) is 19.7. The van der Waals surface area contributed by atoms with Gasteiger partial charge in [0, 0.05) is 23.4 Å². The molecule has 5 heteroatoms. The molecule has 1 heterocycles. The molecule has 1 unspecified atom stereocenters. The van der Waals surface area contributed by atoms with Crippen LogP contribution in [-0.2, 0) is 0 Å². The molecule has 1 aliphatic rings. The van der Waals surface area contributed by atoms with E-state index in [0.717, 1.165) is 6.42 Å². The Hall–Kier alpha value is -0.610. The highest BCUT2D eigenvalue weighted by molar-refractivity contribution is 9.10. The molecule has 1 saturated heterocycles. The van der Waals surface area contributed by atoms with Crippen molar-refractivity contribution in [3.05, 3.63) is 34.1 Å². The van der Waals surface area contributed by atoms with Gasteiger partial charge in [-0.1, -0.05) is 0 Å². The number of alkyl halides is 1. The van der Waals surface area contributed by atoms with Gasteiger partial charge in [-0.3, -0.25) is 4.79 Å². The van der Waals surface area contributed by atoms with Gasteiger partial charge in [0.1, 0.15) is 5.82 Å². The highest BCUT2D eigenvalue weighted by atomic mass is 79.9. The number of halogens is 3. The standard InChI is InChI=1S/C12H12BrClFNO/c13-11-2-1-9(15)5-10(11)12(17)16-4-3-8(6-14)7-16/h1-2,5,8H,3-4,6-7H2. The molecule has 0 saturated carbocycles. The second-order valence-corrected chi connectivity index (χ2v) is 5.35. The van der Waals surface area contributed by atoms with E-state index in [1.807, 2.05) is 0 Å². The van der Waals surface area contributed by atoms with E-state index >= 15 is 0 Å². The smallest absolute Gasteiger partial charge is 0.255 e. The molecule has 0 bridgehead atoms.